The Kier molecular flexibility index (Phi) is 2.73. The lowest BCUT2D eigenvalue weighted by atomic mass is 9.90. The van der Waals surface area contributed by atoms with Gasteiger partial charge in [-0.05, 0) is 56.9 Å². The molecule has 3 rings (SSSR count). The summed E-state index contributed by atoms with van der Waals surface area (Å²) in [6.45, 7) is 3.61. The lowest BCUT2D eigenvalue weighted by molar-refractivity contribution is 0.283. The van der Waals surface area contributed by atoms with Crippen LogP contribution in [0.1, 0.15) is 45.4 Å². The molecule has 2 heteroatoms. The van der Waals surface area contributed by atoms with Crippen LogP contribution in [0.4, 0.5) is 0 Å². The van der Waals surface area contributed by atoms with E-state index in [9.17, 15) is 0 Å². The van der Waals surface area contributed by atoms with Crippen molar-refractivity contribution in [3.63, 3.8) is 0 Å². The zero-order valence-electron chi connectivity index (χ0n) is 9.84. The van der Waals surface area contributed by atoms with E-state index in [4.69, 9.17) is 0 Å². The Morgan fingerprint density at radius 3 is 2.40 bits per heavy atom. The second-order valence-corrected chi connectivity index (χ2v) is 6.04. The maximum atomic E-state index is 3.72. The van der Waals surface area contributed by atoms with Gasteiger partial charge in [0.15, 0.2) is 0 Å². The van der Waals surface area contributed by atoms with Crippen LogP contribution in [0.15, 0.2) is 0 Å². The number of nitrogens with one attached hydrogen (secondary N) is 2. The highest BCUT2D eigenvalue weighted by Gasteiger charge is 2.34. The SMILES string of the molecule is CC1CC1NCCC1CC2CCC(C1)N2. The molecule has 0 spiro atoms. The molecule has 2 aliphatic heterocycles. The first-order valence-corrected chi connectivity index (χ1v) is 6.80. The van der Waals surface area contributed by atoms with Crippen LogP contribution < -0.4 is 10.6 Å². The molecule has 3 aliphatic rings. The minimum atomic E-state index is 0.864. The quantitative estimate of drug-likeness (QED) is 0.737. The lowest BCUT2D eigenvalue weighted by Gasteiger charge is -2.29. The molecule has 86 valence electrons. The van der Waals surface area contributed by atoms with Gasteiger partial charge in [0.25, 0.3) is 0 Å². The van der Waals surface area contributed by atoms with Crippen LogP contribution in [0.5, 0.6) is 0 Å². The van der Waals surface area contributed by atoms with Crippen molar-refractivity contribution >= 4 is 0 Å². The first-order chi connectivity index (χ1) is 7.31. The van der Waals surface area contributed by atoms with Crippen molar-refractivity contribution in [1.29, 1.82) is 0 Å². The molecule has 1 saturated carbocycles. The third kappa shape index (κ3) is 2.36. The van der Waals surface area contributed by atoms with E-state index >= 15 is 0 Å². The first kappa shape index (κ1) is 10.1. The standard InChI is InChI=1S/C13H24N2/c1-9-6-13(9)14-5-4-10-7-11-2-3-12(8-10)15-11/h9-15H,2-8H2,1H3. The maximum Gasteiger partial charge on any atom is 0.00963 e. The Morgan fingerprint density at radius 1 is 1.13 bits per heavy atom. The third-order valence-corrected chi connectivity index (χ3v) is 4.64. The van der Waals surface area contributed by atoms with E-state index in [1.165, 1.54) is 45.1 Å². The average Bonchev–Trinajstić information content (AvgIpc) is 2.81. The van der Waals surface area contributed by atoms with E-state index in [-0.39, 0.29) is 0 Å². The Morgan fingerprint density at radius 2 is 1.80 bits per heavy atom. The fraction of sp³-hybridized carbons (Fsp3) is 1.00. The zero-order chi connectivity index (χ0) is 10.3. The second-order valence-electron chi connectivity index (χ2n) is 6.04. The predicted molar refractivity (Wildman–Crippen MR) is 62.9 cm³/mol. The van der Waals surface area contributed by atoms with Gasteiger partial charge in [-0.1, -0.05) is 6.92 Å². The van der Waals surface area contributed by atoms with E-state index in [0.29, 0.717) is 0 Å². The molecule has 2 nitrogen and oxygen atoms in total. The molecular weight excluding hydrogens is 184 g/mol. The van der Waals surface area contributed by atoms with E-state index in [1.807, 2.05) is 0 Å². The summed E-state index contributed by atoms with van der Waals surface area (Å²) in [5.41, 5.74) is 0. The average molecular weight is 208 g/mol. The minimum Gasteiger partial charge on any atom is -0.314 e. The third-order valence-electron chi connectivity index (χ3n) is 4.64. The van der Waals surface area contributed by atoms with Crippen molar-refractivity contribution in [2.24, 2.45) is 11.8 Å². The number of hydrogen-bond acceptors (Lipinski definition) is 2. The number of fused-ring (bicyclic) bond motifs is 2. The molecule has 2 saturated heterocycles. The number of piperidine rings is 1. The molecule has 2 N–H and O–H groups in total. The predicted octanol–water partition coefficient (Wildman–Crippen LogP) is 1.91. The van der Waals surface area contributed by atoms with Gasteiger partial charge in [0.2, 0.25) is 0 Å². The van der Waals surface area contributed by atoms with Crippen LogP contribution in [0.25, 0.3) is 0 Å². The molecule has 1 aliphatic carbocycles. The molecule has 0 radical (unpaired) electrons. The Bertz CT molecular complexity index is 217. The van der Waals surface area contributed by atoms with Crippen LogP contribution in [0.3, 0.4) is 0 Å². The molecule has 0 amide bonds. The van der Waals surface area contributed by atoms with Crippen LogP contribution in [0.2, 0.25) is 0 Å². The van der Waals surface area contributed by atoms with Crippen LogP contribution in [0, 0.1) is 11.8 Å². The number of hydrogen-bond donors (Lipinski definition) is 2. The van der Waals surface area contributed by atoms with Gasteiger partial charge in [-0.2, -0.15) is 0 Å². The molecule has 0 aromatic heterocycles. The van der Waals surface area contributed by atoms with E-state index in [2.05, 4.69) is 17.6 Å². The first-order valence-electron chi connectivity index (χ1n) is 6.80. The maximum absolute atomic E-state index is 3.72. The molecule has 0 aromatic carbocycles. The molecule has 15 heavy (non-hydrogen) atoms. The highest BCUT2D eigenvalue weighted by Crippen LogP contribution is 2.33. The van der Waals surface area contributed by atoms with Gasteiger partial charge in [-0.25, -0.2) is 0 Å². The highest BCUT2D eigenvalue weighted by molar-refractivity contribution is 4.93. The summed E-state index contributed by atoms with van der Waals surface area (Å²) in [5.74, 6) is 1.96. The topological polar surface area (TPSA) is 24.1 Å². The summed E-state index contributed by atoms with van der Waals surface area (Å²) in [4.78, 5) is 0. The summed E-state index contributed by atoms with van der Waals surface area (Å²) in [7, 11) is 0. The fourth-order valence-corrected chi connectivity index (χ4v) is 3.49. The van der Waals surface area contributed by atoms with Crippen LogP contribution >= 0.6 is 0 Å². The van der Waals surface area contributed by atoms with Crippen LogP contribution in [-0.4, -0.2) is 24.7 Å². The van der Waals surface area contributed by atoms with Crippen molar-refractivity contribution in [3.05, 3.63) is 0 Å². The summed E-state index contributed by atoms with van der Waals surface area (Å²) in [6, 6.07) is 2.60. The van der Waals surface area contributed by atoms with Crippen molar-refractivity contribution in [2.75, 3.05) is 6.54 Å². The van der Waals surface area contributed by atoms with Crippen molar-refractivity contribution < 1.29 is 0 Å². The van der Waals surface area contributed by atoms with Gasteiger partial charge < -0.3 is 10.6 Å². The van der Waals surface area contributed by atoms with Crippen LogP contribution in [-0.2, 0) is 0 Å². The largest absolute Gasteiger partial charge is 0.314 e. The molecule has 3 fully saturated rings. The lowest BCUT2D eigenvalue weighted by Crippen LogP contribution is -2.38. The number of rotatable bonds is 4. The molecule has 0 aromatic rings. The van der Waals surface area contributed by atoms with Gasteiger partial charge in [-0.15, -0.1) is 0 Å². The van der Waals surface area contributed by atoms with Crippen molar-refractivity contribution in [2.45, 2.75) is 63.6 Å². The molecule has 4 atom stereocenters. The van der Waals surface area contributed by atoms with Gasteiger partial charge in [0.1, 0.15) is 0 Å². The highest BCUT2D eigenvalue weighted by atomic mass is 15.0. The smallest absolute Gasteiger partial charge is 0.00963 e. The summed E-state index contributed by atoms with van der Waals surface area (Å²) in [5, 5.41) is 7.40. The Balaban J connectivity index is 1.37. The summed E-state index contributed by atoms with van der Waals surface area (Å²) in [6.07, 6.45) is 8.59. The fourth-order valence-electron chi connectivity index (χ4n) is 3.49. The molecule has 2 heterocycles. The zero-order valence-corrected chi connectivity index (χ0v) is 9.84. The van der Waals surface area contributed by atoms with E-state index in [1.54, 1.807) is 0 Å². The van der Waals surface area contributed by atoms with Gasteiger partial charge in [-0.3, -0.25) is 0 Å². The van der Waals surface area contributed by atoms with Gasteiger partial charge >= 0.3 is 0 Å². The summed E-state index contributed by atoms with van der Waals surface area (Å²) < 4.78 is 0. The normalized spacial score (nSPS) is 48.2. The van der Waals surface area contributed by atoms with E-state index < -0.39 is 0 Å². The van der Waals surface area contributed by atoms with Crippen molar-refractivity contribution in [3.8, 4) is 0 Å². The monoisotopic (exact) mass is 208 g/mol. The molecule has 2 bridgehead atoms. The van der Waals surface area contributed by atoms with Gasteiger partial charge in [0.05, 0.1) is 0 Å². The Hall–Kier alpha value is -0.0800. The van der Waals surface area contributed by atoms with Crippen molar-refractivity contribution in [1.82, 2.24) is 10.6 Å². The summed E-state index contributed by atoms with van der Waals surface area (Å²) >= 11 is 0. The second kappa shape index (κ2) is 4.06. The minimum absolute atomic E-state index is 0.864. The van der Waals surface area contributed by atoms with Gasteiger partial charge in [0, 0.05) is 18.1 Å². The molecule has 4 unspecified atom stereocenters. The Labute approximate surface area is 93.2 Å². The van der Waals surface area contributed by atoms with E-state index in [0.717, 1.165) is 30.0 Å². The molecular formula is C13H24N2.